The zero-order valence-corrected chi connectivity index (χ0v) is 19.5. The number of likely N-dealkylation sites (N-methyl/N-ethyl adjacent to an activating group) is 1. The van der Waals surface area contributed by atoms with E-state index in [0.717, 1.165) is 0 Å². The van der Waals surface area contributed by atoms with Gasteiger partial charge in [-0.2, -0.15) is 4.31 Å². The van der Waals surface area contributed by atoms with E-state index in [-0.39, 0.29) is 42.2 Å². The highest BCUT2D eigenvalue weighted by molar-refractivity contribution is 7.89. The summed E-state index contributed by atoms with van der Waals surface area (Å²) in [7, 11) is -2.34. The third-order valence-electron chi connectivity index (χ3n) is 5.84. The summed E-state index contributed by atoms with van der Waals surface area (Å²) in [6.45, 7) is 4.96. The van der Waals surface area contributed by atoms with Crippen molar-refractivity contribution in [2.24, 2.45) is 5.92 Å². The second kappa shape index (κ2) is 9.56. The number of hydrogen-bond acceptors (Lipinski definition) is 5. The zero-order valence-electron chi connectivity index (χ0n) is 18.7. The number of fused-ring (bicyclic) bond motifs is 1. The molecule has 0 saturated carbocycles. The van der Waals surface area contributed by atoms with E-state index >= 15 is 0 Å². The number of rotatable bonds is 5. The average molecular weight is 465 g/mol. The molecule has 0 aromatic heterocycles. The van der Waals surface area contributed by atoms with Gasteiger partial charge in [0.1, 0.15) is 22.6 Å². The second-order valence-corrected chi connectivity index (χ2v) is 10.1. The predicted molar refractivity (Wildman–Crippen MR) is 119 cm³/mol. The molecule has 2 aromatic rings. The molecular formula is C23H29FN2O5S. The summed E-state index contributed by atoms with van der Waals surface area (Å²) in [5, 5.41) is 9.69. The molecule has 9 heteroatoms. The lowest BCUT2D eigenvalue weighted by atomic mass is 10.0. The molecule has 1 aliphatic heterocycles. The van der Waals surface area contributed by atoms with Gasteiger partial charge in [0.15, 0.2) is 0 Å². The molecular weight excluding hydrogens is 435 g/mol. The number of benzene rings is 2. The quantitative estimate of drug-likeness (QED) is 0.735. The van der Waals surface area contributed by atoms with E-state index < -0.39 is 28.0 Å². The van der Waals surface area contributed by atoms with Crippen molar-refractivity contribution < 1.29 is 27.4 Å². The molecule has 0 bridgehead atoms. The number of carbonyl (C=O) groups excluding carboxylic acids is 1. The largest absolute Gasteiger partial charge is 0.487 e. The molecule has 1 heterocycles. The van der Waals surface area contributed by atoms with E-state index in [2.05, 4.69) is 0 Å². The van der Waals surface area contributed by atoms with Crippen LogP contribution in [0.5, 0.6) is 5.75 Å². The third-order valence-corrected chi connectivity index (χ3v) is 7.86. The second-order valence-electron chi connectivity index (χ2n) is 8.28. The summed E-state index contributed by atoms with van der Waals surface area (Å²) >= 11 is 0. The molecule has 0 saturated heterocycles. The SMILES string of the molecule is CC(=O)N(C)C[C@@H]1Oc2cc(-c3ccccc3F)ccc2S(=O)(=O)N([C@H](C)CO)C[C@H]1C. The number of amides is 1. The van der Waals surface area contributed by atoms with Crippen LogP contribution in [-0.2, 0) is 14.8 Å². The number of nitrogens with zero attached hydrogens (tertiary/aromatic N) is 2. The topological polar surface area (TPSA) is 87.2 Å². The number of sulfonamides is 1. The van der Waals surface area contributed by atoms with Gasteiger partial charge < -0.3 is 14.7 Å². The Labute approximate surface area is 188 Å². The highest BCUT2D eigenvalue weighted by Gasteiger charge is 2.38. The molecule has 3 atom stereocenters. The number of carbonyl (C=O) groups is 1. The first-order valence-electron chi connectivity index (χ1n) is 10.5. The van der Waals surface area contributed by atoms with Crippen LogP contribution in [0.2, 0.25) is 0 Å². The van der Waals surface area contributed by atoms with E-state index in [1.165, 1.54) is 34.3 Å². The first-order chi connectivity index (χ1) is 15.1. The van der Waals surface area contributed by atoms with Crippen LogP contribution in [0.15, 0.2) is 47.4 Å². The van der Waals surface area contributed by atoms with Crippen molar-refractivity contribution in [3.63, 3.8) is 0 Å². The van der Waals surface area contributed by atoms with Gasteiger partial charge in [-0.05, 0) is 30.7 Å². The fourth-order valence-corrected chi connectivity index (χ4v) is 5.53. The maximum atomic E-state index is 14.4. The Balaban J connectivity index is 2.16. The van der Waals surface area contributed by atoms with Crippen molar-refractivity contribution in [1.82, 2.24) is 9.21 Å². The Bertz CT molecular complexity index is 1090. The molecule has 1 amide bonds. The van der Waals surface area contributed by atoms with Gasteiger partial charge in [0.05, 0.1) is 13.2 Å². The summed E-state index contributed by atoms with van der Waals surface area (Å²) in [4.78, 5) is 13.3. The van der Waals surface area contributed by atoms with E-state index in [9.17, 15) is 22.7 Å². The molecule has 3 rings (SSSR count). The highest BCUT2D eigenvalue weighted by atomic mass is 32.2. The molecule has 174 valence electrons. The molecule has 0 radical (unpaired) electrons. The van der Waals surface area contributed by atoms with Gasteiger partial charge in [0, 0.05) is 38.0 Å². The fraction of sp³-hybridized carbons (Fsp3) is 0.435. The van der Waals surface area contributed by atoms with E-state index in [0.29, 0.717) is 11.1 Å². The van der Waals surface area contributed by atoms with Crippen molar-refractivity contribution in [1.29, 1.82) is 0 Å². The summed E-state index contributed by atoms with van der Waals surface area (Å²) in [6.07, 6.45) is -0.512. The molecule has 0 unspecified atom stereocenters. The lowest BCUT2D eigenvalue weighted by Gasteiger charge is -2.37. The Hall–Kier alpha value is -2.49. The lowest BCUT2D eigenvalue weighted by molar-refractivity contribution is -0.129. The van der Waals surface area contributed by atoms with Crippen molar-refractivity contribution in [3.05, 3.63) is 48.3 Å². The Morgan fingerprint density at radius 2 is 2.00 bits per heavy atom. The van der Waals surface area contributed by atoms with Crippen LogP contribution in [0.1, 0.15) is 20.8 Å². The first-order valence-corrected chi connectivity index (χ1v) is 11.9. The van der Waals surface area contributed by atoms with E-state index in [1.54, 1.807) is 38.2 Å². The van der Waals surface area contributed by atoms with Gasteiger partial charge in [-0.15, -0.1) is 0 Å². The minimum atomic E-state index is -3.99. The van der Waals surface area contributed by atoms with E-state index in [4.69, 9.17) is 4.74 Å². The molecule has 1 aliphatic rings. The standard InChI is InChI=1S/C23H29FN2O5S/c1-15-12-26(16(2)14-27)32(29,30)23-10-9-18(19-7-5-6-8-20(19)24)11-21(23)31-22(15)13-25(4)17(3)28/h5-11,15-16,22,27H,12-14H2,1-4H3/t15-,16-,22+/m1/s1. The van der Waals surface area contributed by atoms with Crippen molar-refractivity contribution >= 4 is 15.9 Å². The number of halogens is 1. The van der Waals surface area contributed by atoms with Gasteiger partial charge >= 0.3 is 0 Å². The summed E-state index contributed by atoms with van der Waals surface area (Å²) in [5.74, 6) is -0.769. The van der Waals surface area contributed by atoms with Crippen molar-refractivity contribution in [2.45, 2.75) is 37.8 Å². The van der Waals surface area contributed by atoms with Crippen LogP contribution in [-0.4, -0.2) is 67.5 Å². The van der Waals surface area contributed by atoms with Crippen LogP contribution >= 0.6 is 0 Å². The van der Waals surface area contributed by atoms with Gasteiger partial charge in [0.25, 0.3) is 0 Å². The fourth-order valence-electron chi connectivity index (χ4n) is 3.70. The Kier molecular flexibility index (Phi) is 7.22. The van der Waals surface area contributed by atoms with Crippen LogP contribution in [0.25, 0.3) is 11.1 Å². The van der Waals surface area contributed by atoms with Crippen molar-refractivity contribution in [2.75, 3.05) is 26.7 Å². The highest BCUT2D eigenvalue weighted by Crippen LogP contribution is 2.37. The van der Waals surface area contributed by atoms with Crippen LogP contribution in [0.4, 0.5) is 4.39 Å². The molecule has 0 aliphatic carbocycles. The first kappa shape index (κ1) is 24.2. The maximum absolute atomic E-state index is 14.4. The number of hydrogen-bond donors (Lipinski definition) is 1. The van der Waals surface area contributed by atoms with Crippen LogP contribution in [0, 0.1) is 11.7 Å². The summed E-state index contributed by atoms with van der Waals surface area (Å²) in [6, 6.07) is 10.0. The van der Waals surface area contributed by atoms with Crippen molar-refractivity contribution in [3.8, 4) is 16.9 Å². The molecule has 2 aromatic carbocycles. The smallest absolute Gasteiger partial charge is 0.247 e. The van der Waals surface area contributed by atoms with Gasteiger partial charge in [-0.3, -0.25) is 4.79 Å². The summed E-state index contributed by atoms with van der Waals surface area (Å²) < 4.78 is 48.8. The minimum Gasteiger partial charge on any atom is -0.487 e. The molecule has 32 heavy (non-hydrogen) atoms. The zero-order chi connectivity index (χ0) is 23.6. The number of aliphatic hydroxyl groups excluding tert-OH is 1. The Morgan fingerprint density at radius 3 is 2.62 bits per heavy atom. The van der Waals surface area contributed by atoms with Gasteiger partial charge in [-0.25, -0.2) is 12.8 Å². The minimum absolute atomic E-state index is 0.0553. The molecule has 0 fully saturated rings. The van der Waals surface area contributed by atoms with Gasteiger partial charge in [0.2, 0.25) is 15.9 Å². The summed E-state index contributed by atoms with van der Waals surface area (Å²) in [5.41, 5.74) is 0.801. The third kappa shape index (κ3) is 4.79. The monoisotopic (exact) mass is 464 g/mol. The number of ether oxygens (including phenoxy) is 1. The average Bonchev–Trinajstić information content (AvgIpc) is 2.75. The van der Waals surface area contributed by atoms with Gasteiger partial charge in [-0.1, -0.05) is 31.2 Å². The molecule has 7 nitrogen and oxygen atoms in total. The normalized spacial score (nSPS) is 21.6. The lowest BCUT2D eigenvalue weighted by Crippen LogP contribution is -2.50. The molecule has 1 N–H and O–H groups in total. The van der Waals surface area contributed by atoms with Crippen LogP contribution < -0.4 is 4.74 Å². The number of aliphatic hydroxyl groups is 1. The van der Waals surface area contributed by atoms with Crippen LogP contribution in [0.3, 0.4) is 0 Å². The maximum Gasteiger partial charge on any atom is 0.247 e. The predicted octanol–water partition coefficient (Wildman–Crippen LogP) is 2.74. The van der Waals surface area contributed by atoms with E-state index in [1.807, 2.05) is 6.92 Å². The Morgan fingerprint density at radius 1 is 1.31 bits per heavy atom. The molecule has 0 spiro atoms.